The molecule has 1 aromatic carbocycles. The maximum Gasteiger partial charge on any atom is 0.304 e. The molecule has 2 rings (SSSR count). The smallest absolute Gasteiger partial charge is 0.304 e. The van der Waals surface area contributed by atoms with E-state index in [-0.39, 0.29) is 22.8 Å². The molecule has 0 radical (unpaired) electrons. The van der Waals surface area contributed by atoms with Crippen LogP contribution >= 0.6 is 0 Å². The molecule has 1 amide bonds. The average Bonchev–Trinajstić information content (AvgIpc) is 2.45. The molecule has 1 aliphatic rings. The second kappa shape index (κ2) is 5.90. The molecule has 1 saturated heterocycles. The number of nitro benzene ring substituents is 1. The number of rotatable bonds is 3. The van der Waals surface area contributed by atoms with Gasteiger partial charge in [0, 0.05) is 13.1 Å². The van der Waals surface area contributed by atoms with Gasteiger partial charge in [-0.2, -0.15) is 0 Å². The van der Waals surface area contributed by atoms with E-state index < -0.39 is 4.92 Å². The fraction of sp³-hybridized carbons (Fsp3) is 0.500. The molecule has 2 N–H and O–H groups in total. The van der Waals surface area contributed by atoms with Crippen LogP contribution < -0.4 is 5.73 Å². The number of piperidine rings is 1. The molecule has 1 aliphatic heterocycles. The van der Waals surface area contributed by atoms with Crippen LogP contribution in [0.4, 0.5) is 11.4 Å². The lowest BCUT2D eigenvalue weighted by molar-refractivity contribution is -0.384. The van der Waals surface area contributed by atoms with E-state index in [1.165, 1.54) is 12.1 Å². The van der Waals surface area contributed by atoms with Crippen molar-refractivity contribution in [1.29, 1.82) is 0 Å². The SMILES string of the molecule is CCC1CCCN(C(=O)c2cccc(N)c2[N+](=O)[O-])C1. The Bertz CT molecular complexity index is 530. The number of nitrogens with zero attached hydrogens (tertiary/aromatic N) is 2. The van der Waals surface area contributed by atoms with Gasteiger partial charge >= 0.3 is 5.69 Å². The van der Waals surface area contributed by atoms with Gasteiger partial charge in [-0.3, -0.25) is 14.9 Å². The fourth-order valence-corrected chi connectivity index (χ4v) is 2.69. The monoisotopic (exact) mass is 277 g/mol. The number of anilines is 1. The van der Waals surface area contributed by atoms with Gasteiger partial charge < -0.3 is 10.6 Å². The Morgan fingerprint density at radius 1 is 1.55 bits per heavy atom. The van der Waals surface area contributed by atoms with E-state index in [1.807, 2.05) is 0 Å². The Morgan fingerprint density at radius 2 is 2.30 bits per heavy atom. The van der Waals surface area contributed by atoms with Crippen LogP contribution in [0.15, 0.2) is 18.2 Å². The Morgan fingerprint density at radius 3 is 2.95 bits per heavy atom. The number of nitrogens with two attached hydrogens (primary N) is 1. The highest BCUT2D eigenvalue weighted by Gasteiger charge is 2.29. The number of carbonyl (C=O) groups is 1. The van der Waals surface area contributed by atoms with Crippen molar-refractivity contribution in [3.8, 4) is 0 Å². The molecular formula is C14H19N3O3. The van der Waals surface area contributed by atoms with Gasteiger partial charge in [-0.25, -0.2) is 0 Å². The summed E-state index contributed by atoms with van der Waals surface area (Å²) < 4.78 is 0. The van der Waals surface area contributed by atoms with Crippen molar-refractivity contribution >= 4 is 17.3 Å². The summed E-state index contributed by atoms with van der Waals surface area (Å²) in [4.78, 5) is 24.7. The van der Waals surface area contributed by atoms with Gasteiger partial charge in [-0.1, -0.05) is 19.4 Å². The van der Waals surface area contributed by atoms with Gasteiger partial charge in [0.15, 0.2) is 0 Å². The van der Waals surface area contributed by atoms with Gasteiger partial charge in [0.05, 0.1) is 4.92 Å². The molecule has 6 nitrogen and oxygen atoms in total. The van der Waals surface area contributed by atoms with Crippen molar-refractivity contribution in [2.24, 2.45) is 5.92 Å². The van der Waals surface area contributed by atoms with Crippen LogP contribution in [-0.2, 0) is 0 Å². The molecule has 0 spiro atoms. The molecule has 1 fully saturated rings. The summed E-state index contributed by atoms with van der Waals surface area (Å²) in [7, 11) is 0. The van der Waals surface area contributed by atoms with E-state index in [0.717, 1.165) is 19.3 Å². The Kier molecular flexibility index (Phi) is 4.22. The second-order valence-corrected chi connectivity index (χ2v) is 5.17. The van der Waals surface area contributed by atoms with Crippen molar-refractivity contribution in [2.75, 3.05) is 18.8 Å². The van der Waals surface area contributed by atoms with Crippen LogP contribution in [-0.4, -0.2) is 28.8 Å². The zero-order chi connectivity index (χ0) is 14.7. The van der Waals surface area contributed by atoms with Gasteiger partial charge in [-0.05, 0) is 30.9 Å². The molecule has 1 aromatic rings. The fourth-order valence-electron chi connectivity index (χ4n) is 2.69. The zero-order valence-corrected chi connectivity index (χ0v) is 11.5. The first-order valence-corrected chi connectivity index (χ1v) is 6.86. The van der Waals surface area contributed by atoms with Crippen LogP contribution in [0.2, 0.25) is 0 Å². The first-order chi connectivity index (χ1) is 9.54. The Hall–Kier alpha value is -2.11. The maximum absolute atomic E-state index is 12.5. The van der Waals surface area contributed by atoms with E-state index in [9.17, 15) is 14.9 Å². The average molecular weight is 277 g/mol. The number of amides is 1. The summed E-state index contributed by atoms with van der Waals surface area (Å²) in [6.45, 7) is 3.42. The highest BCUT2D eigenvalue weighted by molar-refractivity contribution is 6.00. The van der Waals surface area contributed by atoms with Crippen LogP contribution in [0.3, 0.4) is 0 Å². The third-order valence-corrected chi connectivity index (χ3v) is 3.86. The standard InChI is InChI=1S/C14H19N3O3/c1-2-10-5-4-8-16(9-10)14(18)11-6-3-7-12(15)13(11)17(19)20/h3,6-7,10H,2,4-5,8-9,15H2,1H3. The first-order valence-electron chi connectivity index (χ1n) is 6.86. The quantitative estimate of drug-likeness (QED) is 0.522. The molecule has 0 bridgehead atoms. The molecular weight excluding hydrogens is 258 g/mol. The van der Waals surface area contributed by atoms with Gasteiger partial charge in [0.1, 0.15) is 11.3 Å². The van der Waals surface area contributed by atoms with Crippen molar-refractivity contribution in [3.63, 3.8) is 0 Å². The second-order valence-electron chi connectivity index (χ2n) is 5.17. The van der Waals surface area contributed by atoms with E-state index >= 15 is 0 Å². The number of nitrogen functional groups attached to an aromatic ring is 1. The van der Waals surface area contributed by atoms with Gasteiger partial charge in [0.2, 0.25) is 0 Å². The van der Waals surface area contributed by atoms with Gasteiger partial charge in [0.25, 0.3) is 5.91 Å². The third kappa shape index (κ3) is 2.74. The van der Waals surface area contributed by atoms with Crippen LogP contribution in [0, 0.1) is 16.0 Å². The minimum absolute atomic E-state index is 0.0323. The van der Waals surface area contributed by atoms with Gasteiger partial charge in [-0.15, -0.1) is 0 Å². The maximum atomic E-state index is 12.5. The summed E-state index contributed by atoms with van der Waals surface area (Å²) in [6.07, 6.45) is 3.07. The predicted molar refractivity (Wildman–Crippen MR) is 76.4 cm³/mol. The van der Waals surface area contributed by atoms with E-state index in [2.05, 4.69) is 6.92 Å². The lowest BCUT2D eigenvalue weighted by atomic mass is 9.95. The molecule has 1 unspecified atom stereocenters. The van der Waals surface area contributed by atoms with Crippen LogP contribution in [0.25, 0.3) is 0 Å². The third-order valence-electron chi connectivity index (χ3n) is 3.86. The van der Waals surface area contributed by atoms with E-state index in [1.54, 1.807) is 11.0 Å². The van der Waals surface area contributed by atoms with Crippen LogP contribution in [0.5, 0.6) is 0 Å². The molecule has 6 heteroatoms. The summed E-state index contributed by atoms with van der Waals surface area (Å²) >= 11 is 0. The summed E-state index contributed by atoms with van der Waals surface area (Å²) in [5, 5.41) is 11.1. The van der Waals surface area contributed by atoms with E-state index in [4.69, 9.17) is 5.73 Å². The molecule has 1 heterocycles. The minimum Gasteiger partial charge on any atom is -0.393 e. The van der Waals surface area contributed by atoms with E-state index in [0.29, 0.717) is 19.0 Å². The van der Waals surface area contributed by atoms with Crippen molar-refractivity contribution in [1.82, 2.24) is 4.90 Å². The Balaban J connectivity index is 2.29. The number of likely N-dealkylation sites (tertiary alicyclic amines) is 1. The highest BCUT2D eigenvalue weighted by atomic mass is 16.6. The number of hydrogen-bond donors (Lipinski definition) is 1. The zero-order valence-electron chi connectivity index (χ0n) is 11.5. The van der Waals surface area contributed by atoms with Crippen molar-refractivity contribution in [3.05, 3.63) is 33.9 Å². The predicted octanol–water partition coefficient (Wildman–Crippen LogP) is 2.44. The lowest BCUT2D eigenvalue weighted by Crippen LogP contribution is -2.40. The summed E-state index contributed by atoms with van der Waals surface area (Å²) in [5.41, 5.74) is 5.47. The number of para-hydroxylation sites is 1. The summed E-state index contributed by atoms with van der Waals surface area (Å²) in [5.74, 6) is 0.190. The Labute approximate surface area is 117 Å². The molecule has 0 aliphatic carbocycles. The number of benzene rings is 1. The highest BCUT2D eigenvalue weighted by Crippen LogP contribution is 2.29. The molecule has 0 saturated carbocycles. The number of hydrogen-bond acceptors (Lipinski definition) is 4. The molecule has 1 atom stereocenters. The largest absolute Gasteiger partial charge is 0.393 e. The van der Waals surface area contributed by atoms with Crippen molar-refractivity contribution in [2.45, 2.75) is 26.2 Å². The lowest BCUT2D eigenvalue weighted by Gasteiger charge is -2.32. The number of carbonyl (C=O) groups excluding carboxylic acids is 1. The summed E-state index contributed by atoms with van der Waals surface area (Å²) in [6, 6.07) is 4.50. The van der Waals surface area contributed by atoms with Crippen molar-refractivity contribution < 1.29 is 9.72 Å². The number of nitro groups is 1. The first kappa shape index (κ1) is 14.3. The molecule has 0 aromatic heterocycles. The minimum atomic E-state index is -0.580. The molecule has 20 heavy (non-hydrogen) atoms. The molecule has 108 valence electrons. The van der Waals surface area contributed by atoms with Crippen LogP contribution in [0.1, 0.15) is 36.5 Å². The normalized spacial score (nSPS) is 18.9. The topological polar surface area (TPSA) is 89.5 Å².